The summed E-state index contributed by atoms with van der Waals surface area (Å²) in [4.78, 5) is 0. The van der Waals surface area contributed by atoms with E-state index in [4.69, 9.17) is 0 Å². The molecule has 0 heterocycles. The first kappa shape index (κ1) is 8.67. The minimum absolute atomic E-state index is 1.23. The van der Waals surface area contributed by atoms with Crippen LogP contribution in [0.3, 0.4) is 0 Å². The van der Waals surface area contributed by atoms with Crippen molar-refractivity contribution in [2.24, 2.45) is 0 Å². The molecule has 1 rings (SSSR count). The Hall–Kier alpha value is 1.58. The first-order valence-electron chi connectivity index (χ1n) is 2.51. The number of hydrogen-bond donors (Lipinski definition) is 0. The van der Waals surface area contributed by atoms with E-state index in [0.717, 1.165) is 0 Å². The van der Waals surface area contributed by atoms with Crippen molar-refractivity contribution in [1.29, 1.82) is 0 Å². The molecule has 0 aromatic rings. The summed E-state index contributed by atoms with van der Waals surface area (Å²) in [6, 6.07) is 0. The fourth-order valence-corrected chi connectivity index (χ4v) is 7.47. The molecule has 0 aromatic carbocycles. The van der Waals surface area contributed by atoms with E-state index in [0.29, 0.717) is 0 Å². The Labute approximate surface area is 80.3 Å². The fourth-order valence-electron chi connectivity index (χ4n) is 0.646. The summed E-state index contributed by atoms with van der Waals surface area (Å²) in [7, 11) is -1.51. The molecule has 0 unspecified atom stereocenters. The number of halogens is 2. The third kappa shape index (κ3) is 2.59. The van der Waals surface area contributed by atoms with Crippen molar-refractivity contribution in [3.8, 4) is 0 Å². The predicted octanol–water partition coefficient (Wildman–Crippen LogP) is 3.73. The van der Waals surface area contributed by atoms with Crippen molar-refractivity contribution in [3.05, 3.63) is 22.4 Å². The quantitative estimate of drug-likeness (QED) is 0.459. The Bertz CT molecular complexity index is 164. The van der Waals surface area contributed by atoms with Gasteiger partial charge < -0.3 is 0 Å². The molecule has 9 heavy (non-hydrogen) atoms. The second kappa shape index (κ2) is 3.32. The molecular formula is C6H8I2Os. The van der Waals surface area contributed by atoms with E-state index >= 15 is 0 Å². The normalized spacial score (nSPS) is 20.1. The van der Waals surface area contributed by atoms with Gasteiger partial charge in [0.15, 0.2) is 0 Å². The van der Waals surface area contributed by atoms with Gasteiger partial charge in [0.2, 0.25) is 0 Å². The SMILES string of the molecule is [CH3][Os]([I])([I])[C]1=CC=CC1. The van der Waals surface area contributed by atoms with Crippen LogP contribution in [0.15, 0.2) is 22.4 Å². The molecule has 0 amide bonds. The zero-order valence-electron chi connectivity index (χ0n) is 5.05. The van der Waals surface area contributed by atoms with E-state index in [1.165, 1.54) is 6.42 Å². The summed E-state index contributed by atoms with van der Waals surface area (Å²) in [6.45, 7) is 0. The molecule has 0 spiro atoms. The second-order valence-electron chi connectivity index (χ2n) is 1.86. The van der Waals surface area contributed by atoms with Crippen LogP contribution in [-0.2, 0) is 7.93 Å². The Morgan fingerprint density at radius 2 is 2.22 bits per heavy atom. The second-order valence-corrected chi connectivity index (χ2v) is 44.9. The molecule has 0 aliphatic heterocycles. The summed E-state index contributed by atoms with van der Waals surface area (Å²) in [5.74, 6) is 0. The van der Waals surface area contributed by atoms with Crippen molar-refractivity contribution in [1.82, 2.24) is 0 Å². The topological polar surface area (TPSA) is 0 Å². The standard InChI is InChI=1S/C5H5.CH3.2HI.Os/c1-2-4-5-3-1;;;;/h1-3H,4H2;1H3;2*1H;/q;;;;+2/p-2. The average molecular weight is 524 g/mol. The molecule has 0 atom stereocenters. The molecule has 0 nitrogen and oxygen atoms in total. The van der Waals surface area contributed by atoms with Gasteiger partial charge in [-0.15, -0.1) is 0 Å². The summed E-state index contributed by atoms with van der Waals surface area (Å²) in [5, 5.41) is 0. The van der Waals surface area contributed by atoms with Gasteiger partial charge >= 0.3 is 81.5 Å². The third-order valence-electron chi connectivity index (χ3n) is 1.12. The van der Waals surface area contributed by atoms with E-state index in [1.54, 1.807) is 4.13 Å². The third-order valence-corrected chi connectivity index (χ3v) is 12.9. The molecule has 0 radical (unpaired) electrons. The Morgan fingerprint density at radius 3 is 2.44 bits per heavy atom. The first-order chi connectivity index (χ1) is 4.11. The van der Waals surface area contributed by atoms with Gasteiger partial charge in [0.05, 0.1) is 0 Å². The summed E-state index contributed by atoms with van der Waals surface area (Å²) in [6.07, 6.45) is 7.95. The molecule has 0 saturated heterocycles. The Morgan fingerprint density at radius 1 is 1.56 bits per heavy atom. The molecule has 1 aliphatic carbocycles. The molecule has 54 valence electrons. The molecule has 0 saturated carbocycles. The van der Waals surface area contributed by atoms with Crippen molar-refractivity contribution in [3.63, 3.8) is 0 Å². The van der Waals surface area contributed by atoms with E-state index in [1.807, 2.05) is 0 Å². The van der Waals surface area contributed by atoms with Gasteiger partial charge in [-0.2, -0.15) is 0 Å². The van der Waals surface area contributed by atoms with Gasteiger partial charge in [-0.3, -0.25) is 0 Å². The van der Waals surface area contributed by atoms with Crippen LogP contribution < -0.4 is 0 Å². The number of rotatable bonds is 1. The van der Waals surface area contributed by atoms with Crippen molar-refractivity contribution < 1.29 is 7.93 Å². The van der Waals surface area contributed by atoms with Crippen LogP contribution in [0, 0.1) is 0 Å². The molecule has 0 N–H and O–H groups in total. The fraction of sp³-hybridized carbons (Fsp3) is 0.333. The van der Waals surface area contributed by atoms with Crippen LogP contribution in [0.5, 0.6) is 0 Å². The Balaban J connectivity index is 2.66. The molecule has 0 bridgehead atoms. The van der Waals surface area contributed by atoms with Gasteiger partial charge in [0, 0.05) is 0 Å². The van der Waals surface area contributed by atoms with Crippen LogP contribution in [-0.4, -0.2) is 0 Å². The zero-order chi connectivity index (χ0) is 6.91. The summed E-state index contributed by atoms with van der Waals surface area (Å²) in [5.41, 5.74) is 2.42. The van der Waals surface area contributed by atoms with Crippen LogP contribution in [0.25, 0.3) is 0 Å². The number of hydrogen-bond acceptors (Lipinski definition) is 0. The van der Waals surface area contributed by atoms with E-state index < -0.39 is 7.93 Å². The van der Waals surface area contributed by atoms with Gasteiger partial charge in [0.1, 0.15) is 0 Å². The minimum atomic E-state index is -1.51. The summed E-state index contributed by atoms with van der Waals surface area (Å²) < 4.78 is 1.71. The molecular weight excluding hydrogens is 516 g/mol. The van der Waals surface area contributed by atoms with Gasteiger partial charge in [-0.05, 0) is 0 Å². The van der Waals surface area contributed by atoms with Crippen molar-refractivity contribution >= 4 is 39.3 Å². The van der Waals surface area contributed by atoms with Gasteiger partial charge in [-0.25, -0.2) is 0 Å². The maximum atomic E-state index is 2.65. The monoisotopic (exact) mass is 526 g/mol. The van der Waals surface area contributed by atoms with E-state index in [2.05, 4.69) is 63.1 Å². The molecule has 1 aliphatic rings. The average Bonchev–Trinajstić information content (AvgIpc) is 2.08. The van der Waals surface area contributed by atoms with E-state index in [-0.39, 0.29) is 0 Å². The zero-order valence-corrected chi connectivity index (χ0v) is 11.9. The van der Waals surface area contributed by atoms with Crippen LogP contribution >= 0.6 is 39.3 Å². The van der Waals surface area contributed by atoms with Crippen LogP contribution in [0.4, 0.5) is 0 Å². The van der Waals surface area contributed by atoms with Gasteiger partial charge in [0.25, 0.3) is 0 Å². The van der Waals surface area contributed by atoms with Crippen molar-refractivity contribution in [2.75, 3.05) is 0 Å². The molecule has 0 fully saturated rings. The molecule has 0 aromatic heterocycles. The maximum absolute atomic E-state index is 2.65. The Kier molecular flexibility index (Phi) is 3.19. The first-order valence-corrected chi connectivity index (χ1v) is 20.7. The van der Waals surface area contributed by atoms with Crippen LogP contribution in [0.2, 0.25) is 5.48 Å². The summed E-state index contributed by atoms with van der Waals surface area (Å²) >= 11 is 5.30. The van der Waals surface area contributed by atoms with Crippen LogP contribution in [0.1, 0.15) is 6.42 Å². The van der Waals surface area contributed by atoms with E-state index in [9.17, 15) is 0 Å². The number of allylic oxidation sites excluding steroid dienone is 4. The molecule has 3 heteroatoms. The predicted molar refractivity (Wildman–Crippen MR) is 55.7 cm³/mol. The van der Waals surface area contributed by atoms with Gasteiger partial charge in [-0.1, -0.05) is 0 Å². The van der Waals surface area contributed by atoms with Crippen molar-refractivity contribution in [2.45, 2.75) is 11.9 Å².